The van der Waals surface area contributed by atoms with Gasteiger partial charge in [-0.25, -0.2) is 4.79 Å². The second-order valence-corrected chi connectivity index (χ2v) is 11.8. The number of nitrogens with zero attached hydrogens (tertiary/aromatic N) is 1. The van der Waals surface area contributed by atoms with E-state index in [4.69, 9.17) is 10.5 Å². The summed E-state index contributed by atoms with van der Waals surface area (Å²) >= 11 is 1.57. The van der Waals surface area contributed by atoms with Crippen LogP contribution in [0.5, 0.6) is 5.75 Å². The summed E-state index contributed by atoms with van der Waals surface area (Å²) in [5.74, 6) is -0.197. The Hall–Kier alpha value is -3.20. The van der Waals surface area contributed by atoms with E-state index in [1.54, 1.807) is 44.7 Å². The van der Waals surface area contributed by atoms with Crippen LogP contribution in [-0.4, -0.2) is 64.2 Å². The molecule has 39 heavy (non-hydrogen) atoms. The third kappa shape index (κ3) is 10.5. The zero-order chi connectivity index (χ0) is 29.2. The number of nitrogens with one attached hydrogen (secondary N) is 1. The van der Waals surface area contributed by atoms with E-state index in [1.165, 1.54) is 4.90 Å². The Balaban J connectivity index is 2.43. The number of aromatic hydroxyl groups is 1. The third-order valence-corrected chi connectivity index (χ3v) is 7.01. The van der Waals surface area contributed by atoms with Gasteiger partial charge in [0.05, 0.1) is 0 Å². The van der Waals surface area contributed by atoms with Gasteiger partial charge in [-0.15, -0.1) is 0 Å². The van der Waals surface area contributed by atoms with E-state index in [0.717, 1.165) is 28.7 Å². The lowest BCUT2D eigenvalue weighted by Gasteiger charge is -2.34. The van der Waals surface area contributed by atoms with Crippen molar-refractivity contribution in [3.8, 4) is 5.75 Å². The van der Waals surface area contributed by atoms with Gasteiger partial charge in [0.1, 0.15) is 23.4 Å². The lowest BCUT2D eigenvalue weighted by Crippen LogP contribution is -2.56. The number of ether oxygens (including phenoxy) is 1. The molecular formula is C30H43N3O5S. The Morgan fingerprint density at radius 3 is 2.26 bits per heavy atom. The number of phenolic OH excluding ortho intramolecular Hbond substituents is 1. The average Bonchev–Trinajstić information content (AvgIpc) is 2.83. The third-order valence-electron chi connectivity index (χ3n) is 6.37. The van der Waals surface area contributed by atoms with Gasteiger partial charge in [0.2, 0.25) is 11.8 Å². The number of rotatable bonds is 13. The van der Waals surface area contributed by atoms with Gasteiger partial charge in [-0.3, -0.25) is 9.59 Å². The van der Waals surface area contributed by atoms with Crippen molar-refractivity contribution in [1.82, 2.24) is 10.2 Å². The van der Waals surface area contributed by atoms with Crippen LogP contribution < -0.4 is 11.1 Å². The highest BCUT2D eigenvalue weighted by Crippen LogP contribution is 2.23. The van der Waals surface area contributed by atoms with Gasteiger partial charge >= 0.3 is 6.09 Å². The summed E-state index contributed by atoms with van der Waals surface area (Å²) in [4.78, 5) is 41.2. The lowest BCUT2D eigenvalue weighted by molar-refractivity contribution is -0.141. The van der Waals surface area contributed by atoms with Crippen LogP contribution >= 0.6 is 11.8 Å². The Morgan fingerprint density at radius 1 is 1.10 bits per heavy atom. The van der Waals surface area contributed by atoms with Crippen LogP contribution in [0.2, 0.25) is 0 Å². The molecule has 0 unspecified atom stereocenters. The monoisotopic (exact) mass is 557 g/mol. The molecule has 0 spiro atoms. The van der Waals surface area contributed by atoms with Crippen LogP contribution in [0.25, 0.3) is 0 Å². The standard InChI is InChI=1S/C30H43N3O5S/c1-20-17-23(34)18-21(2)24(20)19-25(32-29(37)38-30(3,4)5)28(36)33(26(27(31)35)14-16-39-6)15-10-13-22-11-8-7-9-12-22/h7-9,11-12,17-18,25-26,34H,10,13-16,19H2,1-6H3,(H2,31,35)(H,32,37)/t25-,26+/m0/s1. The van der Waals surface area contributed by atoms with Crippen molar-refractivity contribution < 1.29 is 24.2 Å². The first-order valence-electron chi connectivity index (χ1n) is 13.2. The average molecular weight is 558 g/mol. The van der Waals surface area contributed by atoms with Crippen molar-refractivity contribution >= 4 is 29.7 Å². The molecule has 0 aliphatic heterocycles. The molecule has 3 amide bonds. The van der Waals surface area contributed by atoms with Gasteiger partial charge < -0.3 is 25.8 Å². The van der Waals surface area contributed by atoms with E-state index < -0.39 is 35.6 Å². The number of nitrogens with two attached hydrogens (primary N) is 1. The van der Waals surface area contributed by atoms with E-state index in [-0.39, 0.29) is 12.2 Å². The number of hydrogen-bond acceptors (Lipinski definition) is 6. The van der Waals surface area contributed by atoms with Crippen molar-refractivity contribution in [2.75, 3.05) is 18.6 Å². The molecule has 9 heteroatoms. The minimum absolute atomic E-state index is 0.130. The number of thioether (sulfide) groups is 1. The number of hydrogen-bond donors (Lipinski definition) is 3. The summed E-state index contributed by atoms with van der Waals surface area (Å²) in [7, 11) is 0. The minimum Gasteiger partial charge on any atom is -0.508 e. The topological polar surface area (TPSA) is 122 Å². The number of aryl methyl sites for hydroxylation is 3. The van der Waals surface area contributed by atoms with E-state index in [1.807, 2.05) is 50.4 Å². The largest absolute Gasteiger partial charge is 0.508 e. The second-order valence-electron chi connectivity index (χ2n) is 10.8. The molecule has 4 N–H and O–H groups in total. The van der Waals surface area contributed by atoms with Crippen molar-refractivity contribution in [2.45, 2.75) is 78.0 Å². The molecule has 8 nitrogen and oxygen atoms in total. The van der Waals surface area contributed by atoms with Gasteiger partial charge in [-0.05, 0) is 100 Å². The van der Waals surface area contributed by atoms with Gasteiger partial charge in [-0.2, -0.15) is 11.8 Å². The predicted molar refractivity (Wildman–Crippen MR) is 157 cm³/mol. The van der Waals surface area contributed by atoms with Gasteiger partial charge in [-0.1, -0.05) is 30.3 Å². The molecular weight excluding hydrogens is 514 g/mol. The van der Waals surface area contributed by atoms with Gasteiger partial charge in [0, 0.05) is 13.0 Å². The molecule has 0 fully saturated rings. The molecule has 0 aliphatic carbocycles. The van der Waals surface area contributed by atoms with Crippen LogP contribution in [0.15, 0.2) is 42.5 Å². The van der Waals surface area contributed by atoms with Crippen molar-refractivity contribution in [3.63, 3.8) is 0 Å². The molecule has 0 radical (unpaired) electrons. The highest BCUT2D eigenvalue weighted by Gasteiger charge is 2.34. The first kappa shape index (κ1) is 32.0. The van der Waals surface area contributed by atoms with Crippen LogP contribution in [0.1, 0.15) is 55.9 Å². The number of carbonyl (C=O) groups is 3. The van der Waals surface area contributed by atoms with Crippen molar-refractivity contribution in [2.24, 2.45) is 5.73 Å². The molecule has 0 saturated heterocycles. The number of alkyl carbamates (subject to hydrolysis) is 1. The first-order valence-corrected chi connectivity index (χ1v) is 14.6. The van der Waals surface area contributed by atoms with Gasteiger partial charge in [0.25, 0.3) is 0 Å². The second kappa shape index (κ2) is 14.8. The molecule has 0 saturated carbocycles. The van der Waals surface area contributed by atoms with Crippen LogP contribution in [0, 0.1) is 13.8 Å². The van der Waals surface area contributed by atoms with Crippen molar-refractivity contribution in [3.05, 3.63) is 64.7 Å². The quantitative estimate of drug-likeness (QED) is 0.333. The highest BCUT2D eigenvalue weighted by atomic mass is 32.2. The Kier molecular flexibility index (Phi) is 12.2. The molecule has 0 heterocycles. The summed E-state index contributed by atoms with van der Waals surface area (Å²) in [5, 5.41) is 12.8. The maximum Gasteiger partial charge on any atom is 0.408 e. The van der Waals surface area contributed by atoms with Crippen LogP contribution in [0.4, 0.5) is 4.79 Å². The maximum absolute atomic E-state index is 14.2. The molecule has 2 aromatic carbocycles. The normalized spacial score (nSPS) is 12.9. The zero-order valence-corrected chi connectivity index (χ0v) is 24.8. The van der Waals surface area contributed by atoms with Crippen LogP contribution in [0.3, 0.4) is 0 Å². The minimum atomic E-state index is -1.00. The molecule has 2 rings (SSSR count). The smallest absolute Gasteiger partial charge is 0.408 e. The summed E-state index contributed by atoms with van der Waals surface area (Å²) < 4.78 is 5.47. The lowest BCUT2D eigenvalue weighted by atomic mass is 9.94. The van der Waals surface area contributed by atoms with Crippen LogP contribution in [-0.2, 0) is 27.2 Å². The van der Waals surface area contributed by atoms with E-state index >= 15 is 0 Å². The Labute approximate surface area is 236 Å². The number of phenols is 1. The Morgan fingerprint density at radius 2 is 1.72 bits per heavy atom. The summed E-state index contributed by atoms with van der Waals surface area (Å²) in [6.45, 7) is 9.24. The van der Waals surface area contributed by atoms with E-state index in [9.17, 15) is 19.5 Å². The SMILES string of the molecule is CSCC[C@H](C(N)=O)N(CCCc1ccccc1)C(=O)[C@H](Cc1c(C)cc(O)cc1C)NC(=O)OC(C)(C)C. The fourth-order valence-electron chi connectivity index (χ4n) is 4.55. The highest BCUT2D eigenvalue weighted by molar-refractivity contribution is 7.98. The van der Waals surface area contributed by atoms with E-state index in [2.05, 4.69) is 5.32 Å². The summed E-state index contributed by atoms with van der Waals surface area (Å²) in [6, 6.07) is 11.4. The zero-order valence-electron chi connectivity index (χ0n) is 24.0. The molecule has 0 aromatic heterocycles. The summed E-state index contributed by atoms with van der Waals surface area (Å²) in [6.07, 6.45) is 3.12. The first-order chi connectivity index (χ1) is 18.3. The van der Waals surface area contributed by atoms with E-state index in [0.29, 0.717) is 25.1 Å². The fourth-order valence-corrected chi connectivity index (χ4v) is 5.00. The molecule has 0 bridgehead atoms. The maximum atomic E-state index is 14.2. The van der Waals surface area contributed by atoms with Crippen molar-refractivity contribution in [1.29, 1.82) is 0 Å². The van der Waals surface area contributed by atoms with Gasteiger partial charge in [0.15, 0.2) is 0 Å². The fraction of sp³-hybridized carbons (Fsp3) is 0.500. The molecule has 214 valence electrons. The number of benzene rings is 2. The predicted octanol–water partition coefficient (Wildman–Crippen LogP) is 4.51. The number of carbonyl (C=O) groups excluding carboxylic acids is 3. The molecule has 2 atom stereocenters. The number of amides is 3. The summed E-state index contributed by atoms with van der Waals surface area (Å²) in [5.41, 5.74) is 8.60. The Bertz CT molecular complexity index is 1090. The molecule has 0 aliphatic rings. The number of primary amides is 1. The molecule has 2 aromatic rings.